The van der Waals surface area contributed by atoms with E-state index >= 15 is 0 Å². The summed E-state index contributed by atoms with van der Waals surface area (Å²) in [6.07, 6.45) is 7.60. The van der Waals surface area contributed by atoms with Gasteiger partial charge in [-0.3, -0.25) is 9.78 Å². The highest BCUT2D eigenvalue weighted by atomic mass is 16.5. The van der Waals surface area contributed by atoms with E-state index in [1.165, 1.54) is 6.42 Å². The topological polar surface area (TPSA) is 63.7 Å². The first kappa shape index (κ1) is 19.0. The molecule has 3 rings (SSSR count). The van der Waals surface area contributed by atoms with Crippen molar-refractivity contribution in [2.45, 2.75) is 25.7 Å². The Balaban J connectivity index is 1.58. The van der Waals surface area contributed by atoms with Gasteiger partial charge in [-0.25, -0.2) is 0 Å². The van der Waals surface area contributed by atoms with Crippen LogP contribution in [0.5, 0.6) is 11.5 Å². The lowest BCUT2D eigenvalue weighted by Crippen LogP contribution is -2.35. The van der Waals surface area contributed by atoms with Crippen LogP contribution in [0, 0.1) is 0 Å². The zero-order valence-electron chi connectivity index (χ0n) is 16.0. The number of nitrogens with one attached hydrogen (secondary N) is 1. The lowest BCUT2D eigenvalue weighted by Gasteiger charge is -2.26. The summed E-state index contributed by atoms with van der Waals surface area (Å²) in [6.45, 7) is 2.42. The largest absolute Gasteiger partial charge is 0.493 e. The lowest BCUT2D eigenvalue weighted by atomic mass is 10.1. The molecule has 0 aliphatic carbocycles. The standard InChI is InChI=1S/C21H27N3O3/c1-26-19-7-6-16(12-20(19)27-2)8-9-23-18-13-17(14-22-15-18)21(25)24-10-4-3-5-11-24/h6-7,12-15,23H,3-5,8-11H2,1-2H3. The molecule has 1 aliphatic heterocycles. The van der Waals surface area contributed by atoms with E-state index in [1.807, 2.05) is 29.2 Å². The van der Waals surface area contributed by atoms with Crippen LogP contribution in [0.3, 0.4) is 0 Å². The van der Waals surface area contributed by atoms with Gasteiger partial charge in [-0.15, -0.1) is 0 Å². The van der Waals surface area contributed by atoms with Crippen molar-refractivity contribution in [3.05, 3.63) is 47.8 Å². The lowest BCUT2D eigenvalue weighted by molar-refractivity contribution is 0.0724. The number of likely N-dealkylation sites (tertiary alicyclic amines) is 1. The van der Waals surface area contributed by atoms with Crippen molar-refractivity contribution in [2.75, 3.05) is 39.2 Å². The minimum absolute atomic E-state index is 0.0748. The minimum Gasteiger partial charge on any atom is -0.493 e. The predicted octanol–water partition coefficient (Wildman–Crippen LogP) is 3.38. The van der Waals surface area contributed by atoms with E-state index in [4.69, 9.17) is 9.47 Å². The fraction of sp³-hybridized carbons (Fsp3) is 0.429. The van der Waals surface area contributed by atoms with Crippen LogP contribution in [-0.4, -0.2) is 49.6 Å². The van der Waals surface area contributed by atoms with E-state index in [9.17, 15) is 4.79 Å². The maximum atomic E-state index is 12.6. The molecule has 1 N–H and O–H groups in total. The number of hydrogen-bond donors (Lipinski definition) is 1. The van der Waals surface area contributed by atoms with Crippen molar-refractivity contribution in [1.82, 2.24) is 9.88 Å². The van der Waals surface area contributed by atoms with E-state index in [1.54, 1.807) is 26.6 Å². The number of ether oxygens (including phenoxy) is 2. The fourth-order valence-corrected chi connectivity index (χ4v) is 3.32. The molecule has 0 unspecified atom stereocenters. The fourth-order valence-electron chi connectivity index (χ4n) is 3.32. The molecule has 1 aromatic heterocycles. The SMILES string of the molecule is COc1ccc(CCNc2cncc(C(=O)N3CCCCC3)c2)cc1OC. The molecule has 1 aromatic carbocycles. The third-order valence-electron chi connectivity index (χ3n) is 4.82. The number of rotatable bonds is 7. The van der Waals surface area contributed by atoms with Gasteiger partial charge in [0, 0.05) is 32.0 Å². The maximum Gasteiger partial charge on any atom is 0.255 e. The highest BCUT2D eigenvalue weighted by Gasteiger charge is 2.18. The number of hydrogen-bond acceptors (Lipinski definition) is 5. The molecule has 0 spiro atoms. The molecular formula is C21H27N3O3. The van der Waals surface area contributed by atoms with Gasteiger partial charge >= 0.3 is 0 Å². The summed E-state index contributed by atoms with van der Waals surface area (Å²) in [6, 6.07) is 7.80. The van der Waals surface area contributed by atoms with E-state index in [2.05, 4.69) is 10.3 Å². The monoisotopic (exact) mass is 369 g/mol. The van der Waals surface area contributed by atoms with E-state index in [0.29, 0.717) is 5.56 Å². The first-order valence-corrected chi connectivity index (χ1v) is 9.40. The predicted molar refractivity (Wildman–Crippen MR) is 106 cm³/mol. The molecule has 1 saturated heterocycles. The summed E-state index contributed by atoms with van der Waals surface area (Å²) in [4.78, 5) is 18.8. The van der Waals surface area contributed by atoms with Gasteiger partial charge < -0.3 is 19.7 Å². The Morgan fingerprint density at radius 3 is 2.59 bits per heavy atom. The van der Waals surface area contributed by atoms with Crippen molar-refractivity contribution in [2.24, 2.45) is 0 Å². The zero-order chi connectivity index (χ0) is 19.1. The van der Waals surface area contributed by atoms with E-state index in [0.717, 1.165) is 61.6 Å². The quantitative estimate of drug-likeness (QED) is 0.811. The molecule has 0 radical (unpaired) electrons. The Bertz CT molecular complexity index is 773. The number of pyridine rings is 1. The molecule has 0 atom stereocenters. The molecule has 144 valence electrons. The van der Waals surface area contributed by atoms with Gasteiger partial charge in [0.15, 0.2) is 11.5 Å². The van der Waals surface area contributed by atoms with Gasteiger partial charge in [-0.2, -0.15) is 0 Å². The third-order valence-corrected chi connectivity index (χ3v) is 4.82. The van der Waals surface area contributed by atoms with Crippen molar-refractivity contribution in [3.63, 3.8) is 0 Å². The summed E-state index contributed by atoms with van der Waals surface area (Å²) in [5.41, 5.74) is 2.65. The Labute approximate surface area is 160 Å². The van der Waals surface area contributed by atoms with Crippen LogP contribution >= 0.6 is 0 Å². The van der Waals surface area contributed by atoms with Crippen LogP contribution in [0.15, 0.2) is 36.7 Å². The second-order valence-electron chi connectivity index (χ2n) is 6.68. The molecular weight excluding hydrogens is 342 g/mol. The molecule has 1 fully saturated rings. The molecule has 6 nitrogen and oxygen atoms in total. The number of carbonyl (C=O) groups is 1. The normalized spacial score (nSPS) is 13.9. The van der Waals surface area contributed by atoms with Crippen LogP contribution in [0.4, 0.5) is 5.69 Å². The van der Waals surface area contributed by atoms with E-state index in [-0.39, 0.29) is 5.91 Å². The second kappa shape index (κ2) is 9.26. The summed E-state index contributed by atoms with van der Waals surface area (Å²) in [5, 5.41) is 3.35. The van der Waals surface area contributed by atoms with Gasteiger partial charge in [-0.1, -0.05) is 6.07 Å². The Morgan fingerprint density at radius 2 is 1.85 bits per heavy atom. The van der Waals surface area contributed by atoms with Crippen LogP contribution in [0.25, 0.3) is 0 Å². The summed E-state index contributed by atoms with van der Waals surface area (Å²) in [5.74, 6) is 1.53. The molecule has 2 aromatic rings. The van der Waals surface area contributed by atoms with Gasteiger partial charge in [0.2, 0.25) is 0 Å². The van der Waals surface area contributed by atoms with Gasteiger partial charge in [0.25, 0.3) is 5.91 Å². The highest BCUT2D eigenvalue weighted by Crippen LogP contribution is 2.27. The maximum absolute atomic E-state index is 12.6. The number of anilines is 1. The minimum atomic E-state index is 0.0748. The first-order valence-electron chi connectivity index (χ1n) is 9.40. The highest BCUT2D eigenvalue weighted by molar-refractivity contribution is 5.94. The number of benzene rings is 1. The molecule has 0 saturated carbocycles. The van der Waals surface area contributed by atoms with Crippen LogP contribution < -0.4 is 14.8 Å². The summed E-state index contributed by atoms with van der Waals surface area (Å²) in [7, 11) is 3.26. The van der Waals surface area contributed by atoms with Gasteiger partial charge in [0.05, 0.1) is 25.5 Å². The number of amides is 1. The molecule has 1 amide bonds. The van der Waals surface area contributed by atoms with Crippen LogP contribution in [0.1, 0.15) is 35.2 Å². The third kappa shape index (κ3) is 4.90. The first-order chi connectivity index (χ1) is 13.2. The van der Waals surface area contributed by atoms with Crippen molar-refractivity contribution in [1.29, 1.82) is 0 Å². The Hall–Kier alpha value is -2.76. The molecule has 27 heavy (non-hydrogen) atoms. The smallest absolute Gasteiger partial charge is 0.255 e. The number of nitrogens with zero attached hydrogens (tertiary/aromatic N) is 2. The molecule has 2 heterocycles. The van der Waals surface area contributed by atoms with Gasteiger partial charge in [0.1, 0.15) is 0 Å². The number of carbonyl (C=O) groups excluding carboxylic acids is 1. The Kier molecular flexibility index (Phi) is 6.52. The molecule has 6 heteroatoms. The van der Waals surface area contributed by atoms with Crippen molar-refractivity contribution >= 4 is 11.6 Å². The number of methoxy groups -OCH3 is 2. The average Bonchev–Trinajstić information content (AvgIpc) is 2.74. The van der Waals surface area contributed by atoms with Crippen molar-refractivity contribution in [3.8, 4) is 11.5 Å². The van der Waals surface area contributed by atoms with Crippen LogP contribution in [0.2, 0.25) is 0 Å². The number of aromatic nitrogens is 1. The second-order valence-corrected chi connectivity index (χ2v) is 6.68. The Morgan fingerprint density at radius 1 is 1.07 bits per heavy atom. The zero-order valence-corrected chi connectivity index (χ0v) is 16.0. The summed E-state index contributed by atoms with van der Waals surface area (Å²) >= 11 is 0. The van der Waals surface area contributed by atoms with Crippen LogP contribution in [-0.2, 0) is 6.42 Å². The van der Waals surface area contributed by atoms with Crippen molar-refractivity contribution < 1.29 is 14.3 Å². The molecule has 0 bridgehead atoms. The van der Waals surface area contributed by atoms with E-state index < -0.39 is 0 Å². The average molecular weight is 369 g/mol. The molecule has 1 aliphatic rings. The number of piperidine rings is 1. The summed E-state index contributed by atoms with van der Waals surface area (Å²) < 4.78 is 10.6. The van der Waals surface area contributed by atoms with Gasteiger partial charge in [-0.05, 0) is 49.4 Å².